The third-order valence-electron chi connectivity index (χ3n) is 9.50. The van der Waals surface area contributed by atoms with Gasteiger partial charge in [-0.2, -0.15) is 5.10 Å². The molecule has 2 aliphatic rings. The zero-order valence-electron chi connectivity index (χ0n) is 27.1. The van der Waals surface area contributed by atoms with Gasteiger partial charge in [0.05, 0.1) is 28.6 Å². The van der Waals surface area contributed by atoms with Crippen molar-refractivity contribution < 1.29 is 13.9 Å². The summed E-state index contributed by atoms with van der Waals surface area (Å²) in [5, 5.41) is 15.0. The number of carbonyl (C=O) groups is 1. The number of carbonyl (C=O) groups excluding carboxylic acids is 1. The van der Waals surface area contributed by atoms with Crippen LogP contribution in [0.3, 0.4) is 0 Å². The molecule has 12 heteroatoms. The van der Waals surface area contributed by atoms with Gasteiger partial charge < -0.3 is 20.4 Å². The van der Waals surface area contributed by atoms with Gasteiger partial charge in [0.1, 0.15) is 29.4 Å². The van der Waals surface area contributed by atoms with Crippen molar-refractivity contribution in [3.63, 3.8) is 0 Å². The maximum Gasteiger partial charge on any atom is 0.224 e. The average molecular weight is 660 g/mol. The first-order valence-corrected chi connectivity index (χ1v) is 17.0. The van der Waals surface area contributed by atoms with Crippen LogP contribution in [0.15, 0.2) is 67.1 Å². The number of nitrogens with one attached hydrogen (secondary N) is 4. The summed E-state index contributed by atoms with van der Waals surface area (Å²) < 4.78 is 20.8. The van der Waals surface area contributed by atoms with Crippen LogP contribution in [-0.2, 0) is 4.79 Å². The summed E-state index contributed by atoms with van der Waals surface area (Å²) in [6.45, 7) is 5.40. The molecule has 0 radical (unpaired) electrons. The van der Waals surface area contributed by atoms with Crippen molar-refractivity contribution in [3.8, 4) is 39.7 Å². The van der Waals surface area contributed by atoms with Gasteiger partial charge in [-0.3, -0.25) is 24.8 Å². The molecule has 2 aliphatic heterocycles. The smallest absolute Gasteiger partial charge is 0.224 e. The lowest BCUT2D eigenvalue weighted by molar-refractivity contribution is -0.117. The van der Waals surface area contributed by atoms with Crippen molar-refractivity contribution in [2.24, 2.45) is 5.92 Å². The Balaban J connectivity index is 1.05. The van der Waals surface area contributed by atoms with Gasteiger partial charge in [0, 0.05) is 47.9 Å². The number of hydrogen-bond donors (Lipinski definition) is 4. The minimum Gasteiger partial charge on any atom is -0.492 e. The molecule has 8 rings (SSSR count). The number of H-pyrrole nitrogens is 2. The van der Waals surface area contributed by atoms with Gasteiger partial charge in [-0.25, -0.2) is 9.37 Å². The van der Waals surface area contributed by atoms with E-state index in [2.05, 4.69) is 40.7 Å². The summed E-state index contributed by atoms with van der Waals surface area (Å²) in [4.78, 5) is 32.4. The lowest BCUT2D eigenvalue weighted by Gasteiger charge is -2.21. The lowest BCUT2D eigenvalue weighted by Crippen LogP contribution is -2.30. The highest BCUT2D eigenvalue weighted by atomic mass is 19.1. The van der Waals surface area contributed by atoms with Crippen molar-refractivity contribution in [2.45, 2.75) is 32.1 Å². The Morgan fingerprint density at radius 3 is 2.71 bits per heavy atom. The number of aromatic amines is 2. The van der Waals surface area contributed by atoms with Crippen molar-refractivity contribution >= 4 is 33.5 Å². The van der Waals surface area contributed by atoms with Crippen LogP contribution in [0.1, 0.15) is 32.1 Å². The van der Waals surface area contributed by atoms with E-state index >= 15 is 0 Å². The van der Waals surface area contributed by atoms with Gasteiger partial charge in [-0.15, -0.1) is 0 Å². The molecule has 0 unspecified atom stereocenters. The first-order valence-electron chi connectivity index (χ1n) is 17.0. The topological polar surface area (TPSA) is 137 Å². The summed E-state index contributed by atoms with van der Waals surface area (Å²) in [5.41, 5.74) is 6.45. The fraction of sp³-hybridized carbons (Fsp3) is 0.324. The molecule has 11 nitrogen and oxygen atoms in total. The highest BCUT2D eigenvalue weighted by Crippen LogP contribution is 2.34. The fourth-order valence-corrected chi connectivity index (χ4v) is 6.94. The molecule has 49 heavy (non-hydrogen) atoms. The van der Waals surface area contributed by atoms with Crippen LogP contribution in [0.2, 0.25) is 0 Å². The van der Waals surface area contributed by atoms with Crippen molar-refractivity contribution in [1.82, 2.24) is 40.3 Å². The summed E-state index contributed by atoms with van der Waals surface area (Å²) in [7, 11) is 0. The molecule has 0 bridgehead atoms. The summed E-state index contributed by atoms with van der Waals surface area (Å²) in [5.74, 6) is 1.04. The number of imidazole rings is 1. The maximum atomic E-state index is 14.8. The molecule has 2 fully saturated rings. The number of hydrogen-bond acceptors (Lipinski definition) is 8. The third kappa shape index (κ3) is 6.87. The molecule has 2 aromatic carbocycles. The number of ether oxygens (including phenoxy) is 1. The van der Waals surface area contributed by atoms with Crippen molar-refractivity contribution in [2.75, 3.05) is 44.6 Å². The van der Waals surface area contributed by atoms with E-state index in [9.17, 15) is 9.18 Å². The van der Waals surface area contributed by atoms with Gasteiger partial charge in [0.25, 0.3) is 0 Å². The zero-order valence-corrected chi connectivity index (χ0v) is 27.1. The Morgan fingerprint density at radius 2 is 1.84 bits per heavy atom. The van der Waals surface area contributed by atoms with E-state index in [1.165, 1.54) is 25.0 Å². The number of likely N-dealkylation sites (tertiary alicyclic amines) is 1. The van der Waals surface area contributed by atoms with Crippen LogP contribution in [0.5, 0.6) is 5.75 Å². The van der Waals surface area contributed by atoms with Gasteiger partial charge in [0.2, 0.25) is 5.91 Å². The van der Waals surface area contributed by atoms with Crippen LogP contribution >= 0.6 is 0 Å². The van der Waals surface area contributed by atoms with Gasteiger partial charge >= 0.3 is 0 Å². The number of anilines is 1. The molecular formula is C37H38FN9O2. The Labute approximate surface area is 282 Å². The van der Waals surface area contributed by atoms with Gasteiger partial charge in [-0.1, -0.05) is 6.07 Å². The number of fused-ring (bicyclic) bond motifs is 2. The SMILES string of the molecule is O=C(CC1CCNCC1)Nc1cncc(-c2ccc3[nH]nc(-c4nc5c(-c6cc(F)cc(OCCN7CCCC7)c6)nccc5[nH]4)c3c2)c1. The Hall–Kier alpha value is -5.20. The second-order valence-corrected chi connectivity index (χ2v) is 13.0. The minimum atomic E-state index is -0.394. The molecule has 6 heterocycles. The van der Waals surface area contributed by atoms with E-state index < -0.39 is 5.82 Å². The first kappa shape index (κ1) is 31.1. The Bertz CT molecular complexity index is 2110. The normalized spacial score (nSPS) is 15.7. The molecule has 0 saturated carbocycles. The molecule has 250 valence electrons. The third-order valence-corrected chi connectivity index (χ3v) is 9.50. The number of benzene rings is 2. The van der Waals surface area contributed by atoms with Crippen LogP contribution in [0, 0.1) is 11.7 Å². The quantitative estimate of drug-likeness (QED) is 0.137. The average Bonchev–Trinajstić information content (AvgIpc) is 3.88. The van der Waals surface area contributed by atoms with Gasteiger partial charge in [0.15, 0.2) is 5.82 Å². The second kappa shape index (κ2) is 13.7. The number of amides is 1. The molecule has 6 aromatic rings. The maximum absolute atomic E-state index is 14.8. The fourth-order valence-electron chi connectivity index (χ4n) is 6.94. The number of pyridine rings is 2. The van der Waals surface area contributed by atoms with Gasteiger partial charge in [-0.05, 0) is 99.7 Å². The molecule has 0 aliphatic carbocycles. The molecule has 0 spiro atoms. The summed E-state index contributed by atoms with van der Waals surface area (Å²) >= 11 is 0. The number of aromatic nitrogens is 6. The van der Waals surface area contributed by atoms with E-state index in [0.29, 0.717) is 58.7 Å². The zero-order chi connectivity index (χ0) is 33.2. The van der Waals surface area contributed by atoms with E-state index in [1.54, 1.807) is 18.6 Å². The molecule has 4 N–H and O–H groups in total. The predicted molar refractivity (Wildman–Crippen MR) is 188 cm³/mol. The predicted octanol–water partition coefficient (Wildman–Crippen LogP) is 6.17. The van der Waals surface area contributed by atoms with Crippen LogP contribution < -0.4 is 15.4 Å². The van der Waals surface area contributed by atoms with E-state index in [0.717, 1.165) is 73.1 Å². The highest BCUT2D eigenvalue weighted by molar-refractivity contribution is 5.98. The largest absolute Gasteiger partial charge is 0.492 e. The van der Waals surface area contributed by atoms with Crippen LogP contribution in [-0.4, -0.2) is 80.3 Å². The summed E-state index contributed by atoms with van der Waals surface area (Å²) in [6, 6.07) is 14.5. The monoisotopic (exact) mass is 659 g/mol. The number of piperidine rings is 1. The minimum absolute atomic E-state index is 0.0108. The van der Waals surface area contributed by atoms with E-state index in [-0.39, 0.29) is 5.91 Å². The number of halogens is 1. The van der Waals surface area contributed by atoms with Crippen LogP contribution in [0.4, 0.5) is 10.1 Å². The van der Waals surface area contributed by atoms with Crippen molar-refractivity contribution in [1.29, 1.82) is 0 Å². The Morgan fingerprint density at radius 1 is 0.959 bits per heavy atom. The standard InChI is InChI=1S/C37H38FN9O2/c38-27-16-25(18-29(20-27)49-14-13-47-11-1-2-12-47)34-36-32(7-10-41-34)43-37(44-36)35-30-19-24(3-4-31(30)45-46-35)26-17-28(22-40-21-26)42-33(48)15-23-5-8-39-9-6-23/h3-4,7,10,16-23,39H,1-2,5-6,8-9,11-15H2,(H,42,48)(H,43,44)(H,45,46). The molecule has 4 aromatic heterocycles. The molecule has 0 atom stereocenters. The van der Waals surface area contributed by atoms with E-state index in [4.69, 9.17) is 9.72 Å². The van der Waals surface area contributed by atoms with Crippen molar-refractivity contribution in [3.05, 3.63) is 72.9 Å². The lowest BCUT2D eigenvalue weighted by atomic mass is 9.94. The molecular weight excluding hydrogens is 621 g/mol. The number of rotatable bonds is 10. The highest BCUT2D eigenvalue weighted by Gasteiger charge is 2.19. The van der Waals surface area contributed by atoms with Crippen LogP contribution in [0.25, 0.3) is 55.8 Å². The second-order valence-electron chi connectivity index (χ2n) is 13.0. The molecule has 1 amide bonds. The summed E-state index contributed by atoms with van der Waals surface area (Å²) in [6.07, 6.45) is 10.1. The van der Waals surface area contributed by atoms with E-state index in [1.807, 2.05) is 36.4 Å². The molecule has 2 saturated heterocycles. The first-order chi connectivity index (χ1) is 24.1. The number of nitrogens with zero attached hydrogens (tertiary/aromatic N) is 5. The Kier molecular flexibility index (Phi) is 8.71.